The maximum Gasteiger partial charge on any atom is 0.262 e. The molecule has 28 heavy (non-hydrogen) atoms. The number of carbonyl (C=O) groups excluding carboxylic acids is 1. The number of amides is 1. The van der Waals surface area contributed by atoms with Crippen LogP contribution >= 0.6 is 11.8 Å². The lowest BCUT2D eigenvalue weighted by molar-refractivity contribution is -0.118. The number of benzene rings is 2. The number of nitrogens with zero attached hydrogens (tertiary/aromatic N) is 2. The van der Waals surface area contributed by atoms with Crippen molar-refractivity contribution in [3.05, 3.63) is 64.4 Å². The van der Waals surface area contributed by atoms with E-state index in [1.807, 2.05) is 56.3 Å². The molecule has 1 amide bonds. The van der Waals surface area contributed by atoms with Gasteiger partial charge in [-0.05, 0) is 43.7 Å². The molecule has 0 unspecified atom stereocenters. The number of thioether (sulfide) groups is 1. The number of para-hydroxylation sites is 1. The van der Waals surface area contributed by atoms with E-state index < -0.39 is 0 Å². The molecule has 0 atom stereocenters. The van der Waals surface area contributed by atoms with Gasteiger partial charge in [0.25, 0.3) is 5.56 Å². The van der Waals surface area contributed by atoms with Crippen LogP contribution in [0.25, 0.3) is 10.9 Å². The first-order valence-corrected chi connectivity index (χ1v) is 10.0. The fraction of sp³-hybridized carbons (Fsp3) is 0.286. The summed E-state index contributed by atoms with van der Waals surface area (Å²) in [4.78, 5) is 29.7. The van der Waals surface area contributed by atoms with Gasteiger partial charge in [-0.25, -0.2) is 4.98 Å². The standard InChI is InChI=1S/C21H23N3O3S/c1-14(2)24-20(26)17-6-4-5-7-18(17)23-21(24)28-13-19(25)22-12-15-8-10-16(27-3)11-9-15/h4-11,14H,12-13H2,1-3H3,(H,22,25). The Morgan fingerprint density at radius 3 is 2.57 bits per heavy atom. The van der Waals surface area contributed by atoms with Crippen molar-refractivity contribution in [2.45, 2.75) is 31.6 Å². The van der Waals surface area contributed by atoms with Crippen molar-refractivity contribution in [1.82, 2.24) is 14.9 Å². The molecule has 0 saturated heterocycles. The number of fused-ring (bicyclic) bond motifs is 1. The van der Waals surface area contributed by atoms with E-state index in [9.17, 15) is 9.59 Å². The Labute approximate surface area is 167 Å². The lowest BCUT2D eigenvalue weighted by atomic mass is 10.2. The third kappa shape index (κ3) is 4.54. The second-order valence-electron chi connectivity index (χ2n) is 6.59. The van der Waals surface area contributed by atoms with Crippen molar-refractivity contribution in [2.75, 3.05) is 12.9 Å². The van der Waals surface area contributed by atoms with Crippen LogP contribution in [0.3, 0.4) is 0 Å². The van der Waals surface area contributed by atoms with Gasteiger partial charge in [-0.1, -0.05) is 36.0 Å². The lowest BCUT2D eigenvalue weighted by Crippen LogP contribution is -2.27. The molecule has 7 heteroatoms. The average molecular weight is 398 g/mol. The predicted octanol–water partition coefficient (Wildman–Crippen LogP) is 3.39. The summed E-state index contributed by atoms with van der Waals surface area (Å²) in [6, 6.07) is 14.8. The summed E-state index contributed by atoms with van der Waals surface area (Å²) in [5, 5.41) is 4.03. The first kappa shape index (κ1) is 19.9. The van der Waals surface area contributed by atoms with Crippen LogP contribution in [0.15, 0.2) is 58.5 Å². The van der Waals surface area contributed by atoms with Crippen LogP contribution in [-0.4, -0.2) is 28.3 Å². The van der Waals surface area contributed by atoms with Gasteiger partial charge in [-0.15, -0.1) is 0 Å². The topological polar surface area (TPSA) is 73.2 Å². The number of methoxy groups -OCH3 is 1. The molecule has 1 aromatic heterocycles. The van der Waals surface area contributed by atoms with Crippen LogP contribution in [0.1, 0.15) is 25.5 Å². The fourth-order valence-electron chi connectivity index (χ4n) is 2.81. The van der Waals surface area contributed by atoms with Gasteiger partial charge in [0, 0.05) is 12.6 Å². The molecular weight excluding hydrogens is 374 g/mol. The molecular formula is C21H23N3O3S. The van der Waals surface area contributed by atoms with E-state index in [2.05, 4.69) is 10.3 Å². The van der Waals surface area contributed by atoms with Crippen molar-refractivity contribution < 1.29 is 9.53 Å². The van der Waals surface area contributed by atoms with Crippen molar-refractivity contribution in [3.8, 4) is 5.75 Å². The van der Waals surface area contributed by atoms with Gasteiger partial charge >= 0.3 is 0 Å². The van der Waals surface area contributed by atoms with E-state index >= 15 is 0 Å². The Bertz CT molecular complexity index is 1030. The second-order valence-corrected chi connectivity index (χ2v) is 7.54. The molecule has 3 aromatic rings. The summed E-state index contributed by atoms with van der Waals surface area (Å²) < 4.78 is 6.77. The normalized spacial score (nSPS) is 11.0. The highest BCUT2D eigenvalue weighted by Gasteiger charge is 2.15. The molecule has 6 nitrogen and oxygen atoms in total. The Morgan fingerprint density at radius 2 is 1.89 bits per heavy atom. The predicted molar refractivity (Wildman–Crippen MR) is 112 cm³/mol. The van der Waals surface area contributed by atoms with Crippen LogP contribution in [0.5, 0.6) is 5.75 Å². The summed E-state index contributed by atoms with van der Waals surface area (Å²) in [5.41, 5.74) is 1.55. The van der Waals surface area contributed by atoms with Gasteiger partial charge in [0.15, 0.2) is 5.16 Å². The molecule has 0 aliphatic rings. The minimum absolute atomic E-state index is 0.0468. The van der Waals surface area contributed by atoms with Gasteiger partial charge in [0.2, 0.25) is 5.91 Å². The number of hydrogen-bond donors (Lipinski definition) is 1. The largest absolute Gasteiger partial charge is 0.497 e. The number of hydrogen-bond acceptors (Lipinski definition) is 5. The molecule has 0 radical (unpaired) electrons. The van der Waals surface area contributed by atoms with E-state index in [1.54, 1.807) is 17.7 Å². The Kier molecular flexibility index (Phi) is 6.36. The van der Waals surface area contributed by atoms with Crippen molar-refractivity contribution in [2.24, 2.45) is 0 Å². The summed E-state index contributed by atoms with van der Waals surface area (Å²) in [6.45, 7) is 4.31. The molecule has 0 aliphatic carbocycles. The molecule has 146 valence electrons. The molecule has 0 aliphatic heterocycles. The summed E-state index contributed by atoms with van der Waals surface area (Å²) in [6.07, 6.45) is 0. The zero-order valence-electron chi connectivity index (χ0n) is 16.1. The molecule has 2 aromatic carbocycles. The van der Waals surface area contributed by atoms with Crippen LogP contribution in [0.2, 0.25) is 0 Å². The molecule has 0 spiro atoms. The average Bonchev–Trinajstić information content (AvgIpc) is 2.70. The number of nitrogens with one attached hydrogen (secondary N) is 1. The summed E-state index contributed by atoms with van der Waals surface area (Å²) in [5.74, 6) is 0.853. The molecule has 1 heterocycles. The SMILES string of the molecule is COc1ccc(CNC(=O)CSc2nc3ccccc3c(=O)n2C(C)C)cc1. The molecule has 0 saturated carbocycles. The van der Waals surface area contributed by atoms with Gasteiger partial charge in [0.05, 0.1) is 23.8 Å². The van der Waals surface area contributed by atoms with Crippen LogP contribution in [-0.2, 0) is 11.3 Å². The molecule has 0 bridgehead atoms. The Hall–Kier alpha value is -2.80. The van der Waals surface area contributed by atoms with Crippen LogP contribution in [0.4, 0.5) is 0 Å². The smallest absolute Gasteiger partial charge is 0.262 e. The van der Waals surface area contributed by atoms with Gasteiger partial charge < -0.3 is 10.1 Å². The number of rotatable bonds is 7. The van der Waals surface area contributed by atoms with Crippen LogP contribution in [0, 0.1) is 0 Å². The first-order valence-electron chi connectivity index (χ1n) is 9.03. The monoisotopic (exact) mass is 397 g/mol. The van der Waals surface area contributed by atoms with Gasteiger partial charge in [0.1, 0.15) is 5.75 Å². The lowest BCUT2D eigenvalue weighted by Gasteiger charge is -2.16. The van der Waals surface area contributed by atoms with E-state index in [4.69, 9.17) is 4.74 Å². The quantitative estimate of drug-likeness (QED) is 0.489. The molecule has 1 N–H and O–H groups in total. The van der Waals surface area contributed by atoms with Crippen molar-refractivity contribution in [1.29, 1.82) is 0 Å². The highest BCUT2D eigenvalue weighted by atomic mass is 32.2. The minimum atomic E-state index is -0.112. The molecule has 0 fully saturated rings. The van der Waals surface area contributed by atoms with Gasteiger partial charge in [-0.2, -0.15) is 0 Å². The zero-order valence-corrected chi connectivity index (χ0v) is 17.0. The maximum absolute atomic E-state index is 12.8. The van der Waals surface area contributed by atoms with E-state index in [-0.39, 0.29) is 23.3 Å². The fourth-order valence-corrected chi connectivity index (χ4v) is 3.77. The third-order valence-electron chi connectivity index (χ3n) is 4.27. The number of aromatic nitrogens is 2. The molecule has 3 rings (SSSR count). The Morgan fingerprint density at radius 1 is 1.18 bits per heavy atom. The minimum Gasteiger partial charge on any atom is -0.497 e. The summed E-state index contributed by atoms with van der Waals surface area (Å²) >= 11 is 1.27. The number of ether oxygens (including phenoxy) is 1. The van der Waals surface area contributed by atoms with E-state index in [0.29, 0.717) is 22.6 Å². The highest BCUT2D eigenvalue weighted by molar-refractivity contribution is 7.99. The van der Waals surface area contributed by atoms with Crippen LogP contribution < -0.4 is 15.6 Å². The maximum atomic E-state index is 12.8. The second kappa shape index (κ2) is 8.93. The third-order valence-corrected chi connectivity index (χ3v) is 5.23. The first-order chi connectivity index (χ1) is 13.5. The van der Waals surface area contributed by atoms with Crippen molar-refractivity contribution in [3.63, 3.8) is 0 Å². The van der Waals surface area contributed by atoms with Crippen molar-refractivity contribution >= 4 is 28.6 Å². The number of carbonyl (C=O) groups is 1. The highest BCUT2D eigenvalue weighted by Crippen LogP contribution is 2.20. The van der Waals surface area contributed by atoms with E-state index in [1.165, 1.54) is 11.8 Å². The van der Waals surface area contributed by atoms with E-state index in [0.717, 1.165) is 11.3 Å². The Balaban J connectivity index is 1.69. The zero-order chi connectivity index (χ0) is 20.1. The summed E-state index contributed by atoms with van der Waals surface area (Å²) in [7, 11) is 1.62. The van der Waals surface area contributed by atoms with Gasteiger partial charge in [-0.3, -0.25) is 14.2 Å².